The van der Waals surface area contributed by atoms with E-state index in [0.717, 1.165) is 103 Å². The van der Waals surface area contributed by atoms with E-state index in [1.54, 1.807) is 0 Å². The average Bonchev–Trinajstić information content (AvgIpc) is 3.52. The minimum absolute atomic E-state index is 0.0418. The number of unbranched alkanes of at least 4 members (excludes halogenated alkanes) is 29. The molecule has 0 fully saturated rings. The molecular formula is C75H128NO8P. The molecule has 0 radical (unpaired) electrons. The van der Waals surface area contributed by atoms with Gasteiger partial charge in [0.15, 0.2) is 6.10 Å². The number of ether oxygens (including phenoxy) is 2. The van der Waals surface area contributed by atoms with E-state index in [1.165, 1.54) is 161 Å². The van der Waals surface area contributed by atoms with E-state index in [2.05, 4.69) is 148 Å². The molecule has 0 aromatic rings. The number of hydrogen-bond acceptors (Lipinski definition) is 8. The van der Waals surface area contributed by atoms with E-state index in [1.807, 2.05) is 0 Å². The second kappa shape index (κ2) is 69.3. The fourth-order valence-electron chi connectivity index (χ4n) is 9.43. The number of phosphoric ester groups is 1. The Bertz CT molecular complexity index is 1860. The van der Waals surface area contributed by atoms with Crippen molar-refractivity contribution in [1.82, 2.24) is 0 Å². The van der Waals surface area contributed by atoms with Crippen LogP contribution < -0.4 is 5.73 Å². The Morgan fingerprint density at radius 3 is 0.976 bits per heavy atom. The molecule has 2 atom stereocenters. The van der Waals surface area contributed by atoms with E-state index >= 15 is 0 Å². The van der Waals surface area contributed by atoms with Gasteiger partial charge in [0.1, 0.15) is 6.61 Å². The summed E-state index contributed by atoms with van der Waals surface area (Å²) in [5.41, 5.74) is 5.40. The Kier molecular flexibility index (Phi) is 66.1. The van der Waals surface area contributed by atoms with Crippen molar-refractivity contribution in [3.8, 4) is 0 Å². The van der Waals surface area contributed by atoms with Gasteiger partial charge in [0.2, 0.25) is 0 Å². The van der Waals surface area contributed by atoms with Crippen molar-refractivity contribution in [2.75, 3.05) is 26.4 Å². The van der Waals surface area contributed by atoms with E-state index in [-0.39, 0.29) is 32.6 Å². The highest BCUT2D eigenvalue weighted by atomic mass is 31.2. The van der Waals surface area contributed by atoms with Crippen LogP contribution in [0.5, 0.6) is 0 Å². The number of allylic oxidation sites excluding steroid dienone is 22. The fraction of sp³-hybridized carbons (Fsp3) is 0.680. The number of esters is 2. The first-order valence-corrected chi connectivity index (χ1v) is 36.2. The van der Waals surface area contributed by atoms with Gasteiger partial charge in [0.25, 0.3) is 0 Å². The van der Waals surface area contributed by atoms with Crippen LogP contribution in [0, 0.1) is 0 Å². The first kappa shape index (κ1) is 81.2. The minimum Gasteiger partial charge on any atom is -0.462 e. The van der Waals surface area contributed by atoms with Gasteiger partial charge in [-0.3, -0.25) is 18.6 Å². The van der Waals surface area contributed by atoms with Crippen LogP contribution in [0.15, 0.2) is 134 Å². The number of carbonyl (C=O) groups excluding carboxylic acids is 2. The predicted molar refractivity (Wildman–Crippen MR) is 367 cm³/mol. The Labute approximate surface area is 523 Å². The van der Waals surface area contributed by atoms with Gasteiger partial charge < -0.3 is 20.1 Å². The molecule has 0 saturated carbocycles. The lowest BCUT2D eigenvalue weighted by Gasteiger charge is -2.19. The predicted octanol–water partition coefficient (Wildman–Crippen LogP) is 22.9. The molecule has 3 N–H and O–H groups in total. The molecule has 0 aliphatic carbocycles. The van der Waals surface area contributed by atoms with E-state index in [0.29, 0.717) is 6.42 Å². The average molecular weight is 1200 g/mol. The molecule has 486 valence electrons. The van der Waals surface area contributed by atoms with Crippen molar-refractivity contribution in [2.24, 2.45) is 5.73 Å². The summed E-state index contributed by atoms with van der Waals surface area (Å²) in [6, 6.07) is 0. The lowest BCUT2D eigenvalue weighted by Crippen LogP contribution is -2.29. The Hall–Kier alpha value is -3.85. The summed E-state index contributed by atoms with van der Waals surface area (Å²) >= 11 is 0. The molecular weight excluding hydrogens is 1070 g/mol. The SMILES string of the molecule is CC/C=C\C/C=C\C/C=C\C/C=C\C/C=C\C/C=C\C/C=C\C/C=C\C/C=C\CCCCCC(=O)OC(COC(=O)CCCCCCCCCCCCCCCCCCCCCCC/C=C\C/C=C\CCCCCCC)COP(=O)(O)OCCN. The van der Waals surface area contributed by atoms with Crippen LogP contribution in [-0.4, -0.2) is 49.3 Å². The van der Waals surface area contributed by atoms with Crippen LogP contribution >= 0.6 is 7.82 Å². The number of hydrogen-bond donors (Lipinski definition) is 2. The fourth-order valence-corrected chi connectivity index (χ4v) is 10.2. The number of phosphoric acid groups is 1. The zero-order valence-electron chi connectivity index (χ0n) is 54.5. The maximum absolute atomic E-state index is 12.7. The Balaban J connectivity index is 3.97. The van der Waals surface area contributed by atoms with Gasteiger partial charge in [0, 0.05) is 19.4 Å². The number of carbonyl (C=O) groups is 2. The first-order valence-electron chi connectivity index (χ1n) is 34.7. The summed E-state index contributed by atoms with van der Waals surface area (Å²) in [4.78, 5) is 35.3. The second-order valence-electron chi connectivity index (χ2n) is 22.7. The molecule has 0 heterocycles. The Morgan fingerprint density at radius 1 is 0.365 bits per heavy atom. The van der Waals surface area contributed by atoms with Crippen molar-refractivity contribution in [1.29, 1.82) is 0 Å². The van der Waals surface area contributed by atoms with Gasteiger partial charge in [-0.15, -0.1) is 0 Å². The normalized spacial score (nSPS) is 13.8. The van der Waals surface area contributed by atoms with E-state index in [9.17, 15) is 19.0 Å². The smallest absolute Gasteiger partial charge is 0.462 e. The van der Waals surface area contributed by atoms with Crippen LogP contribution in [0.3, 0.4) is 0 Å². The standard InChI is InChI=1S/C75H128NO8P/c1-3-5-7-9-11-13-15-17-19-21-23-25-27-29-31-33-35-36-38-39-41-43-45-47-49-51-53-55-57-59-61-63-65-67-74(77)81-71-73(72-83-85(79,80)82-70-69-76)84-75(78)68-66-64-62-60-58-56-54-52-50-48-46-44-42-40-37-34-32-30-28-26-24-22-20-18-16-14-12-10-8-6-4-2/h6,8,12,14-15,17-18,20-21,23-24,26,30,32,37,40,44,46,50,52,56,58,73H,3-5,7,9-11,13,16,19,22,25,27-29,31,33-36,38-39,41-43,45,47-49,51,53-55,57,59-72,76H2,1-2H3,(H,79,80)/b8-6-,14-12-,17-15-,20-18-,23-21-,26-24-,32-30-,40-37-,46-44-,52-50-,58-56-. The van der Waals surface area contributed by atoms with Gasteiger partial charge in [-0.05, 0) is 116 Å². The van der Waals surface area contributed by atoms with Crippen molar-refractivity contribution in [2.45, 2.75) is 302 Å². The molecule has 2 unspecified atom stereocenters. The van der Waals surface area contributed by atoms with Gasteiger partial charge >= 0.3 is 19.8 Å². The van der Waals surface area contributed by atoms with Gasteiger partial charge in [-0.25, -0.2) is 4.57 Å². The molecule has 0 saturated heterocycles. The molecule has 85 heavy (non-hydrogen) atoms. The van der Waals surface area contributed by atoms with Crippen LogP contribution in [0.1, 0.15) is 296 Å². The summed E-state index contributed by atoms with van der Waals surface area (Å²) < 4.78 is 33.1. The molecule has 0 amide bonds. The molecule has 0 rings (SSSR count). The highest BCUT2D eigenvalue weighted by Gasteiger charge is 2.26. The minimum atomic E-state index is -4.41. The summed E-state index contributed by atoms with van der Waals surface area (Å²) in [6.07, 6.45) is 98.3. The van der Waals surface area contributed by atoms with Crippen molar-refractivity contribution >= 4 is 19.8 Å². The maximum atomic E-state index is 12.7. The lowest BCUT2D eigenvalue weighted by molar-refractivity contribution is -0.161. The zero-order chi connectivity index (χ0) is 61.6. The highest BCUT2D eigenvalue weighted by molar-refractivity contribution is 7.47. The van der Waals surface area contributed by atoms with Crippen LogP contribution in [-0.2, 0) is 32.7 Å². The topological polar surface area (TPSA) is 134 Å². The first-order chi connectivity index (χ1) is 41.8. The van der Waals surface area contributed by atoms with Crippen LogP contribution in [0.2, 0.25) is 0 Å². The third-order valence-electron chi connectivity index (χ3n) is 14.5. The third-order valence-corrected chi connectivity index (χ3v) is 15.5. The zero-order valence-corrected chi connectivity index (χ0v) is 55.4. The Morgan fingerprint density at radius 2 is 0.647 bits per heavy atom. The van der Waals surface area contributed by atoms with Gasteiger partial charge in [-0.2, -0.15) is 0 Å². The second-order valence-corrected chi connectivity index (χ2v) is 24.1. The van der Waals surface area contributed by atoms with Crippen molar-refractivity contribution in [3.05, 3.63) is 134 Å². The largest absolute Gasteiger partial charge is 0.472 e. The third kappa shape index (κ3) is 69.1. The maximum Gasteiger partial charge on any atom is 0.472 e. The number of nitrogens with two attached hydrogens (primary N) is 1. The van der Waals surface area contributed by atoms with Crippen molar-refractivity contribution < 1.29 is 37.6 Å². The molecule has 10 heteroatoms. The van der Waals surface area contributed by atoms with E-state index < -0.39 is 32.5 Å². The van der Waals surface area contributed by atoms with Crippen LogP contribution in [0.25, 0.3) is 0 Å². The molecule has 0 spiro atoms. The molecule has 0 bridgehead atoms. The van der Waals surface area contributed by atoms with Crippen LogP contribution in [0.4, 0.5) is 0 Å². The molecule has 0 aliphatic rings. The molecule has 9 nitrogen and oxygen atoms in total. The summed E-state index contributed by atoms with van der Waals surface area (Å²) in [6.45, 7) is 3.59. The highest BCUT2D eigenvalue weighted by Crippen LogP contribution is 2.43. The van der Waals surface area contributed by atoms with E-state index in [4.69, 9.17) is 24.3 Å². The van der Waals surface area contributed by atoms with Gasteiger partial charge in [-0.1, -0.05) is 302 Å². The lowest BCUT2D eigenvalue weighted by atomic mass is 10.0. The summed E-state index contributed by atoms with van der Waals surface area (Å²) in [5, 5.41) is 0. The number of rotatable bonds is 64. The molecule has 0 aliphatic heterocycles. The summed E-state index contributed by atoms with van der Waals surface area (Å²) in [7, 11) is -4.41. The van der Waals surface area contributed by atoms with Crippen molar-refractivity contribution in [3.63, 3.8) is 0 Å². The molecule has 0 aromatic heterocycles. The monoisotopic (exact) mass is 1200 g/mol. The quantitative estimate of drug-likeness (QED) is 0.0264. The summed E-state index contributed by atoms with van der Waals surface area (Å²) in [5.74, 6) is -0.866. The molecule has 0 aromatic carbocycles. The van der Waals surface area contributed by atoms with Gasteiger partial charge in [0.05, 0.1) is 13.2 Å².